The van der Waals surface area contributed by atoms with Crippen LogP contribution in [0.2, 0.25) is 0 Å². The molecule has 3 heteroatoms. The monoisotopic (exact) mass is 277 g/mol. The average molecular weight is 277 g/mol. The predicted molar refractivity (Wildman–Crippen MR) is 82.7 cm³/mol. The number of aromatic nitrogens is 1. The fourth-order valence-electron chi connectivity index (χ4n) is 2.27. The first-order valence-corrected chi connectivity index (χ1v) is 6.76. The summed E-state index contributed by atoms with van der Waals surface area (Å²) in [5.41, 5.74) is 2.31. The van der Waals surface area contributed by atoms with E-state index in [1.165, 1.54) is 0 Å². The molecule has 0 unspecified atom stereocenters. The van der Waals surface area contributed by atoms with Crippen molar-refractivity contribution in [3.63, 3.8) is 0 Å². The van der Waals surface area contributed by atoms with Gasteiger partial charge >= 0.3 is 0 Å². The number of para-hydroxylation sites is 1. The van der Waals surface area contributed by atoms with E-state index in [1.54, 1.807) is 13.1 Å². The second-order valence-corrected chi connectivity index (χ2v) is 4.74. The lowest BCUT2D eigenvalue weighted by Gasteiger charge is -2.08. The number of nitrogens with one attached hydrogen (secondary N) is 1. The van der Waals surface area contributed by atoms with Crippen LogP contribution in [-0.4, -0.2) is 10.8 Å². The van der Waals surface area contributed by atoms with Gasteiger partial charge in [0.25, 0.3) is 0 Å². The van der Waals surface area contributed by atoms with E-state index < -0.39 is 0 Å². The van der Waals surface area contributed by atoms with E-state index in [0.29, 0.717) is 11.4 Å². The molecule has 0 bridgehead atoms. The smallest absolute Gasteiger partial charge is 0.176 e. The van der Waals surface area contributed by atoms with Crippen molar-refractivity contribution >= 4 is 5.78 Å². The predicted octanol–water partition coefficient (Wildman–Crippen LogP) is 4.68. The molecule has 104 valence electrons. The van der Waals surface area contributed by atoms with E-state index >= 15 is 0 Å². The number of benzene rings is 2. The minimum atomic E-state index is -0.0169. The molecule has 0 fully saturated rings. The van der Waals surface area contributed by atoms with Gasteiger partial charge in [0.2, 0.25) is 0 Å². The number of ether oxygens (including phenoxy) is 1. The fraction of sp³-hybridized carbons (Fsp3) is 0.0556. The Bertz CT molecular complexity index is 745. The van der Waals surface area contributed by atoms with Crippen LogP contribution in [0.25, 0.3) is 11.1 Å². The molecule has 2 aromatic carbocycles. The van der Waals surface area contributed by atoms with E-state index in [0.717, 1.165) is 16.9 Å². The van der Waals surface area contributed by atoms with Crippen molar-refractivity contribution < 1.29 is 9.53 Å². The second kappa shape index (κ2) is 5.67. The Kier molecular flexibility index (Phi) is 3.56. The van der Waals surface area contributed by atoms with Gasteiger partial charge in [-0.1, -0.05) is 48.5 Å². The molecule has 0 aliphatic rings. The Balaban J connectivity index is 2.07. The maximum Gasteiger partial charge on any atom is 0.176 e. The highest BCUT2D eigenvalue weighted by atomic mass is 16.5. The van der Waals surface area contributed by atoms with Crippen LogP contribution < -0.4 is 4.74 Å². The van der Waals surface area contributed by atoms with Crippen LogP contribution in [0.1, 0.15) is 17.4 Å². The van der Waals surface area contributed by atoms with Gasteiger partial charge in [0.15, 0.2) is 11.5 Å². The normalized spacial score (nSPS) is 10.3. The zero-order valence-electron chi connectivity index (χ0n) is 11.7. The SMILES string of the molecule is CC(=O)c1[nH]cc(Oc2ccccc2)c1-c1ccccc1. The number of Topliss-reactive ketones (excluding diaryl/α,β-unsaturated/α-hetero) is 1. The molecule has 0 spiro atoms. The fourth-order valence-corrected chi connectivity index (χ4v) is 2.27. The highest BCUT2D eigenvalue weighted by molar-refractivity contribution is 6.01. The molecule has 3 aromatic rings. The molecule has 21 heavy (non-hydrogen) atoms. The van der Waals surface area contributed by atoms with E-state index in [1.807, 2.05) is 60.7 Å². The van der Waals surface area contributed by atoms with E-state index in [9.17, 15) is 4.79 Å². The topological polar surface area (TPSA) is 42.1 Å². The van der Waals surface area contributed by atoms with Crippen molar-refractivity contribution in [1.82, 2.24) is 4.98 Å². The summed E-state index contributed by atoms with van der Waals surface area (Å²) in [7, 11) is 0. The third-order valence-corrected chi connectivity index (χ3v) is 3.23. The summed E-state index contributed by atoms with van der Waals surface area (Å²) < 4.78 is 5.91. The van der Waals surface area contributed by atoms with Crippen molar-refractivity contribution in [2.45, 2.75) is 6.92 Å². The zero-order chi connectivity index (χ0) is 14.7. The Morgan fingerprint density at radius 1 is 0.952 bits per heavy atom. The Morgan fingerprint density at radius 3 is 2.19 bits per heavy atom. The molecule has 0 amide bonds. The molecular weight excluding hydrogens is 262 g/mol. The second-order valence-electron chi connectivity index (χ2n) is 4.74. The summed E-state index contributed by atoms with van der Waals surface area (Å²) in [6, 6.07) is 19.3. The first-order valence-electron chi connectivity index (χ1n) is 6.76. The summed E-state index contributed by atoms with van der Waals surface area (Å²) in [5, 5.41) is 0. The summed E-state index contributed by atoms with van der Waals surface area (Å²) in [4.78, 5) is 14.8. The van der Waals surface area contributed by atoms with Gasteiger partial charge in [0.1, 0.15) is 5.75 Å². The van der Waals surface area contributed by atoms with Crippen LogP contribution in [-0.2, 0) is 0 Å². The maximum absolute atomic E-state index is 11.8. The number of aromatic amines is 1. The lowest BCUT2D eigenvalue weighted by atomic mass is 10.0. The zero-order valence-corrected chi connectivity index (χ0v) is 11.7. The van der Waals surface area contributed by atoms with Gasteiger partial charge in [0.05, 0.1) is 11.3 Å². The van der Waals surface area contributed by atoms with E-state index in [-0.39, 0.29) is 5.78 Å². The minimum absolute atomic E-state index is 0.0169. The molecule has 1 N–H and O–H groups in total. The molecule has 3 rings (SSSR count). The summed E-state index contributed by atoms with van der Waals surface area (Å²) in [6.07, 6.45) is 1.73. The number of hydrogen-bond donors (Lipinski definition) is 1. The van der Waals surface area contributed by atoms with E-state index in [2.05, 4.69) is 4.98 Å². The van der Waals surface area contributed by atoms with Crippen LogP contribution in [0.5, 0.6) is 11.5 Å². The minimum Gasteiger partial charge on any atom is -0.455 e. The van der Waals surface area contributed by atoms with Crippen molar-refractivity contribution in [2.24, 2.45) is 0 Å². The van der Waals surface area contributed by atoms with Crippen LogP contribution >= 0.6 is 0 Å². The van der Waals surface area contributed by atoms with Gasteiger partial charge in [-0.2, -0.15) is 0 Å². The van der Waals surface area contributed by atoms with Gasteiger partial charge in [-0.15, -0.1) is 0 Å². The lowest BCUT2D eigenvalue weighted by Crippen LogP contribution is -1.95. The number of rotatable bonds is 4. The highest BCUT2D eigenvalue weighted by Gasteiger charge is 2.17. The lowest BCUT2D eigenvalue weighted by molar-refractivity contribution is 0.101. The van der Waals surface area contributed by atoms with Crippen molar-refractivity contribution in [2.75, 3.05) is 0 Å². The number of carbonyl (C=O) groups excluding carboxylic acids is 1. The number of carbonyl (C=O) groups is 1. The molecule has 0 saturated heterocycles. The Hall–Kier alpha value is -2.81. The standard InChI is InChI=1S/C18H15NO2/c1-13(20)18-17(14-8-4-2-5-9-14)16(12-19-18)21-15-10-6-3-7-11-15/h2-12,19H,1H3. The maximum atomic E-state index is 11.8. The Labute approximate surface area is 123 Å². The van der Waals surface area contributed by atoms with Gasteiger partial charge in [-0.05, 0) is 17.7 Å². The third-order valence-electron chi connectivity index (χ3n) is 3.23. The number of H-pyrrole nitrogens is 1. The molecule has 0 radical (unpaired) electrons. The summed E-state index contributed by atoms with van der Waals surface area (Å²) in [5.74, 6) is 1.37. The first kappa shape index (κ1) is 13.2. The first-order chi connectivity index (χ1) is 10.3. The van der Waals surface area contributed by atoms with E-state index in [4.69, 9.17) is 4.74 Å². The number of hydrogen-bond acceptors (Lipinski definition) is 2. The number of ketones is 1. The molecule has 1 aromatic heterocycles. The quantitative estimate of drug-likeness (QED) is 0.704. The third kappa shape index (κ3) is 2.72. The molecule has 0 aliphatic carbocycles. The van der Waals surface area contributed by atoms with Gasteiger partial charge in [-0.3, -0.25) is 4.79 Å². The van der Waals surface area contributed by atoms with Crippen molar-refractivity contribution in [3.8, 4) is 22.6 Å². The summed E-state index contributed by atoms with van der Waals surface area (Å²) in [6.45, 7) is 1.55. The molecule has 0 aliphatic heterocycles. The van der Waals surface area contributed by atoms with Gasteiger partial charge < -0.3 is 9.72 Å². The Morgan fingerprint density at radius 2 is 1.57 bits per heavy atom. The molecule has 0 atom stereocenters. The van der Waals surface area contributed by atoms with Crippen LogP contribution in [0.15, 0.2) is 66.9 Å². The average Bonchev–Trinajstić information content (AvgIpc) is 2.93. The van der Waals surface area contributed by atoms with Gasteiger partial charge in [-0.25, -0.2) is 0 Å². The largest absolute Gasteiger partial charge is 0.455 e. The van der Waals surface area contributed by atoms with Gasteiger partial charge in [0, 0.05) is 13.1 Å². The van der Waals surface area contributed by atoms with Crippen molar-refractivity contribution in [3.05, 3.63) is 72.6 Å². The molecular formula is C18H15NO2. The van der Waals surface area contributed by atoms with Crippen LogP contribution in [0.3, 0.4) is 0 Å². The molecule has 1 heterocycles. The van der Waals surface area contributed by atoms with Crippen molar-refractivity contribution in [1.29, 1.82) is 0 Å². The molecule has 0 saturated carbocycles. The summed E-state index contributed by atoms with van der Waals surface area (Å²) >= 11 is 0. The van der Waals surface area contributed by atoms with Crippen LogP contribution in [0.4, 0.5) is 0 Å². The molecule has 3 nitrogen and oxygen atoms in total. The van der Waals surface area contributed by atoms with Crippen LogP contribution in [0, 0.1) is 0 Å². The highest BCUT2D eigenvalue weighted by Crippen LogP contribution is 2.36.